The summed E-state index contributed by atoms with van der Waals surface area (Å²) < 4.78 is 22.2. The standard InChI is InChI=1S/C27H29N5O9/c1-26(2)38-22(34)19(23(35)39-26)13-30-17-10-16(21(33)29-6-5-8-32-9-7-28-15-32)11-18(12-17)31-14-20-24(36)40-27(3,4)41-25(20)37/h7,9-15,30-31H,5-6,8H2,1-4H3,(H,29,33). The van der Waals surface area contributed by atoms with Gasteiger partial charge in [-0.2, -0.15) is 0 Å². The Morgan fingerprint density at radius 3 is 1.76 bits per heavy atom. The van der Waals surface area contributed by atoms with Crippen molar-refractivity contribution in [2.24, 2.45) is 0 Å². The Balaban J connectivity index is 1.54. The van der Waals surface area contributed by atoms with Crippen molar-refractivity contribution in [2.45, 2.75) is 52.2 Å². The summed E-state index contributed by atoms with van der Waals surface area (Å²) >= 11 is 0. The van der Waals surface area contributed by atoms with Gasteiger partial charge in [0, 0.05) is 82.5 Å². The summed E-state index contributed by atoms with van der Waals surface area (Å²) in [5.41, 5.74) is -0.00677. The van der Waals surface area contributed by atoms with Gasteiger partial charge in [-0.15, -0.1) is 0 Å². The van der Waals surface area contributed by atoms with Gasteiger partial charge in [-0.25, -0.2) is 24.2 Å². The highest BCUT2D eigenvalue weighted by Crippen LogP contribution is 2.26. The lowest BCUT2D eigenvalue weighted by molar-refractivity contribution is -0.224. The number of hydrogen-bond donors (Lipinski definition) is 3. The normalized spacial score (nSPS) is 17.5. The summed E-state index contributed by atoms with van der Waals surface area (Å²) in [6, 6.07) is 4.47. The highest BCUT2D eigenvalue weighted by Gasteiger charge is 2.40. The van der Waals surface area contributed by atoms with E-state index in [9.17, 15) is 24.0 Å². The summed E-state index contributed by atoms with van der Waals surface area (Å²) in [6.07, 6.45) is 8.00. The van der Waals surface area contributed by atoms with E-state index in [2.05, 4.69) is 20.9 Å². The van der Waals surface area contributed by atoms with Crippen LogP contribution in [-0.4, -0.2) is 57.5 Å². The molecule has 1 amide bonds. The van der Waals surface area contributed by atoms with Crippen LogP contribution in [0.5, 0.6) is 0 Å². The van der Waals surface area contributed by atoms with Crippen LogP contribution in [0, 0.1) is 0 Å². The lowest BCUT2D eigenvalue weighted by Gasteiger charge is -2.29. The summed E-state index contributed by atoms with van der Waals surface area (Å²) in [5.74, 6) is -6.75. The molecule has 3 N–H and O–H groups in total. The third-order valence-electron chi connectivity index (χ3n) is 5.63. The van der Waals surface area contributed by atoms with Crippen LogP contribution in [0.3, 0.4) is 0 Å². The Morgan fingerprint density at radius 2 is 1.32 bits per heavy atom. The van der Waals surface area contributed by atoms with Crippen molar-refractivity contribution in [1.82, 2.24) is 14.9 Å². The molecule has 2 fully saturated rings. The molecule has 2 aromatic rings. The molecule has 1 aromatic heterocycles. The van der Waals surface area contributed by atoms with Gasteiger partial charge in [0.05, 0.1) is 6.33 Å². The van der Waals surface area contributed by atoms with E-state index in [-0.39, 0.29) is 28.1 Å². The van der Waals surface area contributed by atoms with Gasteiger partial charge in [0.1, 0.15) is 0 Å². The third-order valence-corrected chi connectivity index (χ3v) is 5.63. The van der Waals surface area contributed by atoms with Gasteiger partial charge < -0.3 is 39.5 Å². The number of benzene rings is 1. The zero-order valence-electron chi connectivity index (χ0n) is 22.8. The molecule has 0 unspecified atom stereocenters. The number of aromatic nitrogens is 2. The maximum atomic E-state index is 13.0. The van der Waals surface area contributed by atoms with Crippen LogP contribution in [0.2, 0.25) is 0 Å². The number of rotatable bonds is 9. The van der Waals surface area contributed by atoms with Crippen molar-refractivity contribution >= 4 is 41.2 Å². The molecule has 41 heavy (non-hydrogen) atoms. The number of nitrogens with zero attached hydrogens (tertiary/aromatic N) is 2. The Hall–Kier alpha value is -5.14. The smallest absolute Gasteiger partial charge is 0.350 e. The quantitative estimate of drug-likeness (QED) is 0.174. The van der Waals surface area contributed by atoms with Crippen molar-refractivity contribution in [3.63, 3.8) is 0 Å². The van der Waals surface area contributed by atoms with Gasteiger partial charge in [0.15, 0.2) is 11.1 Å². The van der Waals surface area contributed by atoms with E-state index in [1.807, 2.05) is 10.8 Å². The molecular formula is C27H29N5O9. The highest BCUT2D eigenvalue weighted by atomic mass is 16.7. The fourth-order valence-corrected chi connectivity index (χ4v) is 3.78. The summed E-state index contributed by atoms with van der Waals surface area (Å²) in [6.45, 7) is 6.73. The first-order valence-corrected chi connectivity index (χ1v) is 12.6. The number of esters is 4. The van der Waals surface area contributed by atoms with Crippen molar-refractivity contribution in [2.75, 3.05) is 17.2 Å². The number of ether oxygens (including phenoxy) is 4. The average molecular weight is 568 g/mol. The summed E-state index contributed by atoms with van der Waals surface area (Å²) in [7, 11) is 0. The van der Waals surface area contributed by atoms with Crippen LogP contribution in [0.15, 0.2) is 60.5 Å². The van der Waals surface area contributed by atoms with Crippen LogP contribution in [-0.2, 0) is 44.7 Å². The Kier molecular flexibility index (Phi) is 8.12. The fourth-order valence-electron chi connectivity index (χ4n) is 3.78. The SMILES string of the molecule is CC1(C)OC(=O)C(=CNc2cc(NC=C3C(=O)OC(C)(C)OC3=O)cc(C(=O)NCCCn3ccnc3)c2)C(=O)O1. The van der Waals surface area contributed by atoms with E-state index in [1.165, 1.54) is 45.9 Å². The number of nitrogens with one attached hydrogen (secondary N) is 3. The van der Waals surface area contributed by atoms with E-state index < -0.39 is 41.4 Å². The van der Waals surface area contributed by atoms with Gasteiger partial charge in [0.2, 0.25) is 0 Å². The summed E-state index contributed by atoms with van der Waals surface area (Å²) in [5, 5.41) is 8.40. The van der Waals surface area contributed by atoms with Crippen LogP contribution in [0.4, 0.5) is 11.4 Å². The molecule has 2 aliphatic rings. The number of amides is 1. The molecule has 0 radical (unpaired) electrons. The van der Waals surface area contributed by atoms with Crippen LogP contribution in [0.25, 0.3) is 0 Å². The van der Waals surface area contributed by atoms with Crippen LogP contribution >= 0.6 is 0 Å². The molecule has 14 nitrogen and oxygen atoms in total. The van der Waals surface area contributed by atoms with Gasteiger partial charge in [-0.3, -0.25) is 4.79 Å². The Labute approximate surface area is 234 Å². The number of anilines is 2. The zero-order valence-corrected chi connectivity index (χ0v) is 22.8. The molecule has 0 spiro atoms. The van der Waals surface area contributed by atoms with Gasteiger partial charge in [-0.05, 0) is 24.6 Å². The number of carbonyl (C=O) groups excluding carboxylic acids is 5. The second-order valence-corrected chi connectivity index (χ2v) is 9.97. The molecule has 0 atom stereocenters. The molecule has 14 heteroatoms. The number of aryl methyl sites for hydroxylation is 1. The molecule has 4 rings (SSSR count). The molecular weight excluding hydrogens is 538 g/mol. The van der Waals surface area contributed by atoms with E-state index in [0.29, 0.717) is 19.5 Å². The lowest BCUT2D eigenvalue weighted by atomic mass is 10.1. The number of hydrogen-bond acceptors (Lipinski definition) is 12. The van der Waals surface area contributed by atoms with Crippen molar-refractivity contribution in [1.29, 1.82) is 0 Å². The monoisotopic (exact) mass is 567 g/mol. The highest BCUT2D eigenvalue weighted by molar-refractivity contribution is 6.16. The van der Waals surface area contributed by atoms with E-state index in [1.54, 1.807) is 12.5 Å². The van der Waals surface area contributed by atoms with Gasteiger partial charge in [-0.1, -0.05) is 0 Å². The van der Waals surface area contributed by atoms with Crippen molar-refractivity contribution in [3.05, 3.63) is 66.0 Å². The largest absolute Gasteiger partial charge is 0.419 e. The van der Waals surface area contributed by atoms with Crippen molar-refractivity contribution in [3.8, 4) is 0 Å². The minimum Gasteiger partial charge on any atom is -0.419 e. The van der Waals surface area contributed by atoms with Gasteiger partial charge in [0.25, 0.3) is 17.5 Å². The maximum Gasteiger partial charge on any atom is 0.350 e. The molecule has 1 aromatic carbocycles. The minimum atomic E-state index is -1.40. The van der Waals surface area contributed by atoms with E-state index >= 15 is 0 Å². The van der Waals surface area contributed by atoms with Gasteiger partial charge >= 0.3 is 23.9 Å². The number of cyclic esters (lactones) is 4. The number of imidazole rings is 1. The molecule has 3 heterocycles. The summed E-state index contributed by atoms with van der Waals surface area (Å²) in [4.78, 5) is 66.1. The zero-order chi connectivity index (χ0) is 29.8. The molecule has 0 aliphatic carbocycles. The second-order valence-electron chi connectivity index (χ2n) is 9.97. The number of carbonyl (C=O) groups is 5. The van der Waals surface area contributed by atoms with Crippen molar-refractivity contribution < 1.29 is 42.9 Å². The molecule has 216 valence electrons. The van der Waals surface area contributed by atoms with Crippen LogP contribution in [0.1, 0.15) is 44.5 Å². The molecule has 2 aliphatic heterocycles. The molecule has 0 saturated carbocycles. The minimum absolute atomic E-state index is 0.196. The predicted molar refractivity (Wildman–Crippen MR) is 142 cm³/mol. The fraction of sp³-hybridized carbons (Fsp3) is 0.333. The lowest BCUT2D eigenvalue weighted by Crippen LogP contribution is -2.42. The first-order valence-electron chi connectivity index (χ1n) is 12.6. The predicted octanol–water partition coefficient (Wildman–Crippen LogP) is 1.97. The third kappa shape index (κ3) is 7.50. The van der Waals surface area contributed by atoms with E-state index in [4.69, 9.17) is 18.9 Å². The Morgan fingerprint density at radius 1 is 0.829 bits per heavy atom. The first-order chi connectivity index (χ1) is 19.3. The van der Waals surface area contributed by atoms with E-state index in [0.717, 1.165) is 12.4 Å². The average Bonchev–Trinajstić information content (AvgIpc) is 3.37. The first kappa shape index (κ1) is 28.9. The molecule has 2 saturated heterocycles. The Bertz CT molecular complexity index is 1320. The molecule has 0 bridgehead atoms. The second kappa shape index (κ2) is 11.5. The topological polar surface area (TPSA) is 176 Å². The van der Waals surface area contributed by atoms with Crippen LogP contribution < -0.4 is 16.0 Å². The maximum absolute atomic E-state index is 13.0.